The summed E-state index contributed by atoms with van der Waals surface area (Å²) in [5.74, 6) is -0.432. The Kier molecular flexibility index (Phi) is 2.90. The number of Topliss-reactive ketones (excluding diaryl/α,β-unsaturated/α-hetero) is 1. The van der Waals surface area contributed by atoms with Crippen molar-refractivity contribution in [1.29, 1.82) is 0 Å². The van der Waals surface area contributed by atoms with Gasteiger partial charge in [0.1, 0.15) is 11.8 Å². The van der Waals surface area contributed by atoms with Gasteiger partial charge in [0.25, 0.3) is 0 Å². The molecule has 1 rings (SSSR count). The van der Waals surface area contributed by atoms with Gasteiger partial charge in [-0.1, -0.05) is 6.07 Å². The first-order chi connectivity index (χ1) is 5.75. The van der Waals surface area contributed by atoms with Crippen LogP contribution in [-0.2, 0) is 0 Å². The maximum atomic E-state index is 11.2. The average Bonchev–Trinajstić information content (AvgIpc) is 2.17. The lowest BCUT2D eigenvalue weighted by atomic mass is 10.1. The molecule has 0 saturated carbocycles. The molecule has 4 nitrogen and oxygen atoms in total. The molecule has 12 heavy (non-hydrogen) atoms. The lowest BCUT2D eigenvalue weighted by molar-refractivity contribution is 0.0757. The van der Waals surface area contributed by atoms with Crippen molar-refractivity contribution in [2.75, 3.05) is 6.54 Å². The van der Waals surface area contributed by atoms with Gasteiger partial charge in [0, 0.05) is 12.7 Å². The smallest absolute Gasteiger partial charge is 0.210 e. The molecule has 0 aromatic carbocycles. The number of nitrogens with zero attached hydrogens (tertiary/aromatic N) is 1. The molecule has 1 aromatic rings. The summed E-state index contributed by atoms with van der Waals surface area (Å²) in [6.45, 7) is -0.0740. The van der Waals surface area contributed by atoms with Crippen molar-refractivity contribution in [1.82, 2.24) is 4.98 Å². The zero-order valence-corrected chi connectivity index (χ0v) is 6.47. The van der Waals surface area contributed by atoms with Crippen molar-refractivity contribution >= 4 is 5.78 Å². The third kappa shape index (κ3) is 1.87. The summed E-state index contributed by atoms with van der Waals surface area (Å²) in [6, 6.07) is 4.93. The average molecular weight is 166 g/mol. The molecule has 0 aliphatic carbocycles. The van der Waals surface area contributed by atoms with Gasteiger partial charge in [0.2, 0.25) is 5.78 Å². The molecule has 0 spiro atoms. The van der Waals surface area contributed by atoms with Gasteiger partial charge in [-0.15, -0.1) is 0 Å². The highest BCUT2D eigenvalue weighted by atomic mass is 16.3. The number of hydrogen-bond donors (Lipinski definition) is 2. The van der Waals surface area contributed by atoms with Crippen LogP contribution in [-0.4, -0.2) is 28.5 Å². The Morgan fingerprint density at radius 1 is 1.67 bits per heavy atom. The zero-order chi connectivity index (χ0) is 8.97. The van der Waals surface area contributed by atoms with Gasteiger partial charge in [-0.05, 0) is 12.1 Å². The van der Waals surface area contributed by atoms with E-state index >= 15 is 0 Å². The minimum absolute atomic E-state index is 0.0740. The summed E-state index contributed by atoms with van der Waals surface area (Å²) in [7, 11) is 0. The Bertz CT molecular complexity index is 261. The van der Waals surface area contributed by atoms with Gasteiger partial charge in [0.15, 0.2) is 0 Å². The molecule has 1 atom stereocenters. The van der Waals surface area contributed by atoms with E-state index in [9.17, 15) is 4.79 Å². The Hall–Kier alpha value is -1.26. The van der Waals surface area contributed by atoms with E-state index in [2.05, 4.69) is 4.98 Å². The van der Waals surface area contributed by atoms with Gasteiger partial charge >= 0.3 is 0 Å². The van der Waals surface area contributed by atoms with Gasteiger partial charge in [0.05, 0.1) is 0 Å². The van der Waals surface area contributed by atoms with E-state index in [0.717, 1.165) is 0 Å². The SMILES string of the molecule is NCC(O)C(=O)c1ccccn1. The largest absolute Gasteiger partial charge is 0.384 e. The zero-order valence-electron chi connectivity index (χ0n) is 6.47. The summed E-state index contributed by atoms with van der Waals surface area (Å²) in [5, 5.41) is 9.07. The van der Waals surface area contributed by atoms with Crippen LogP contribution < -0.4 is 5.73 Å². The molecule has 1 unspecified atom stereocenters. The van der Waals surface area contributed by atoms with E-state index in [0.29, 0.717) is 0 Å². The number of rotatable bonds is 3. The number of nitrogens with two attached hydrogens (primary N) is 1. The summed E-state index contributed by atoms with van der Waals surface area (Å²) < 4.78 is 0. The van der Waals surface area contributed by atoms with Crippen LogP contribution >= 0.6 is 0 Å². The summed E-state index contributed by atoms with van der Waals surface area (Å²) in [4.78, 5) is 15.0. The third-order valence-electron chi connectivity index (χ3n) is 1.44. The molecule has 4 heteroatoms. The fraction of sp³-hybridized carbons (Fsp3) is 0.250. The van der Waals surface area contributed by atoms with Crippen molar-refractivity contribution < 1.29 is 9.90 Å². The van der Waals surface area contributed by atoms with Crippen LogP contribution in [0.15, 0.2) is 24.4 Å². The number of hydrogen-bond acceptors (Lipinski definition) is 4. The first-order valence-electron chi connectivity index (χ1n) is 3.59. The standard InChI is InChI=1S/C8H10N2O2/c9-5-7(11)8(12)6-3-1-2-4-10-6/h1-4,7,11H,5,9H2. The van der Waals surface area contributed by atoms with E-state index in [-0.39, 0.29) is 12.2 Å². The fourth-order valence-corrected chi connectivity index (χ4v) is 0.786. The maximum Gasteiger partial charge on any atom is 0.210 e. The predicted molar refractivity (Wildman–Crippen MR) is 43.6 cm³/mol. The topological polar surface area (TPSA) is 76.2 Å². The van der Waals surface area contributed by atoms with Gasteiger partial charge < -0.3 is 10.8 Å². The predicted octanol–water partition coefficient (Wildman–Crippen LogP) is -0.416. The van der Waals surface area contributed by atoms with Crippen molar-refractivity contribution in [3.8, 4) is 0 Å². The molecular weight excluding hydrogens is 156 g/mol. The number of ketones is 1. The first kappa shape index (κ1) is 8.83. The van der Waals surface area contributed by atoms with Crippen molar-refractivity contribution in [2.24, 2.45) is 5.73 Å². The second-order valence-corrected chi connectivity index (χ2v) is 2.33. The highest BCUT2D eigenvalue weighted by Gasteiger charge is 2.15. The van der Waals surface area contributed by atoms with E-state index in [4.69, 9.17) is 10.8 Å². The Morgan fingerprint density at radius 2 is 2.42 bits per heavy atom. The minimum atomic E-state index is -1.14. The maximum absolute atomic E-state index is 11.2. The second kappa shape index (κ2) is 3.94. The Balaban J connectivity index is 2.79. The van der Waals surface area contributed by atoms with E-state index in [1.54, 1.807) is 18.2 Å². The van der Waals surface area contributed by atoms with E-state index < -0.39 is 11.9 Å². The van der Waals surface area contributed by atoms with Gasteiger partial charge in [-0.25, -0.2) is 0 Å². The molecule has 3 N–H and O–H groups in total. The van der Waals surface area contributed by atoms with Crippen molar-refractivity contribution in [2.45, 2.75) is 6.10 Å². The van der Waals surface area contributed by atoms with Crippen LogP contribution in [0.3, 0.4) is 0 Å². The molecule has 1 heterocycles. The van der Waals surface area contributed by atoms with Crippen LogP contribution in [0.25, 0.3) is 0 Å². The first-order valence-corrected chi connectivity index (χ1v) is 3.59. The Labute approximate surface area is 70.0 Å². The number of aliphatic hydroxyl groups excluding tert-OH is 1. The van der Waals surface area contributed by atoms with Crippen LogP contribution in [0.2, 0.25) is 0 Å². The van der Waals surface area contributed by atoms with Crippen LogP contribution in [0.1, 0.15) is 10.5 Å². The van der Waals surface area contributed by atoms with Crippen molar-refractivity contribution in [3.63, 3.8) is 0 Å². The summed E-state index contributed by atoms with van der Waals surface area (Å²) in [5.41, 5.74) is 5.36. The quantitative estimate of drug-likeness (QED) is 0.598. The monoisotopic (exact) mass is 166 g/mol. The normalized spacial score (nSPS) is 12.5. The number of aliphatic hydroxyl groups is 1. The summed E-state index contributed by atoms with van der Waals surface area (Å²) in [6.07, 6.45) is 0.358. The molecule has 0 aliphatic heterocycles. The highest BCUT2D eigenvalue weighted by molar-refractivity contribution is 5.97. The van der Waals surface area contributed by atoms with Crippen LogP contribution in [0.5, 0.6) is 0 Å². The number of carbonyl (C=O) groups is 1. The molecule has 64 valence electrons. The second-order valence-electron chi connectivity index (χ2n) is 2.33. The van der Waals surface area contributed by atoms with Crippen LogP contribution in [0.4, 0.5) is 0 Å². The molecule has 0 aliphatic rings. The number of carbonyl (C=O) groups excluding carboxylic acids is 1. The Morgan fingerprint density at radius 3 is 2.92 bits per heavy atom. The molecule has 0 fully saturated rings. The third-order valence-corrected chi connectivity index (χ3v) is 1.44. The summed E-state index contributed by atoms with van der Waals surface area (Å²) >= 11 is 0. The molecule has 0 radical (unpaired) electrons. The fourth-order valence-electron chi connectivity index (χ4n) is 0.786. The lowest BCUT2D eigenvalue weighted by Gasteiger charge is -2.04. The molecular formula is C8H10N2O2. The number of aromatic nitrogens is 1. The lowest BCUT2D eigenvalue weighted by Crippen LogP contribution is -2.29. The number of pyridine rings is 1. The van der Waals surface area contributed by atoms with Gasteiger partial charge in [-0.3, -0.25) is 9.78 Å². The van der Waals surface area contributed by atoms with E-state index in [1.165, 1.54) is 6.20 Å². The van der Waals surface area contributed by atoms with E-state index in [1.807, 2.05) is 0 Å². The van der Waals surface area contributed by atoms with Crippen LogP contribution in [0, 0.1) is 0 Å². The highest BCUT2D eigenvalue weighted by Crippen LogP contribution is 1.98. The molecule has 0 saturated heterocycles. The molecule has 0 bridgehead atoms. The van der Waals surface area contributed by atoms with Gasteiger partial charge in [-0.2, -0.15) is 0 Å². The minimum Gasteiger partial charge on any atom is -0.384 e. The molecule has 1 aromatic heterocycles. The van der Waals surface area contributed by atoms with Crippen molar-refractivity contribution in [3.05, 3.63) is 30.1 Å². The molecule has 0 amide bonds.